The maximum atomic E-state index is 10.4. The summed E-state index contributed by atoms with van der Waals surface area (Å²) in [6.45, 7) is 0.863. The molecule has 0 saturated carbocycles. The molecule has 0 radical (unpaired) electrons. The number of benzene rings is 2. The topological polar surface area (TPSA) is 61.9 Å². The number of hydrogen-bond acceptors (Lipinski definition) is 4. The third kappa shape index (κ3) is 2.12. The molecule has 2 heterocycles. The Morgan fingerprint density at radius 1 is 1.04 bits per heavy atom. The fourth-order valence-corrected chi connectivity index (χ4v) is 3.77. The first-order valence-electron chi connectivity index (χ1n) is 8.01. The number of aromatic hydroxyl groups is 2. The van der Waals surface area contributed by atoms with Crippen LogP contribution in [0.15, 0.2) is 24.3 Å². The third-order valence-electron chi connectivity index (χ3n) is 5.04. The summed E-state index contributed by atoms with van der Waals surface area (Å²) in [6, 6.07) is 7.70. The van der Waals surface area contributed by atoms with Crippen molar-refractivity contribution in [1.29, 1.82) is 0 Å². The van der Waals surface area contributed by atoms with Crippen molar-refractivity contribution in [3.63, 3.8) is 0 Å². The lowest BCUT2D eigenvalue weighted by molar-refractivity contribution is -0.573. The molecule has 5 heteroatoms. The minimum absolute atomic E-state index is 0.158. The highest BCUT2D eigenvalue weighted by Gasteiger charge is 2.36. The Hall–Kier alpha value is -2.69. The van der Waals surface area contributed by atoms with Crippen LogP contribution in [0.4, 0.5) is 0 Å². The molecule has 0 spiro atoms. The van der Waals surface area contributed by atoms with E-state index in [0.29, 0.717) is 11.5 Å². The number of hydrogen-bond donors (Lipinski definition) is 2. The van der Waals surface area contributed by atoms with Gasteiger partial charge in [0.2, 0.25) is 0 Å². The molecule has 0 saturated heterocycles. The Kier molecular flexibility index (Phi) is 3.37. The van der Waals surface area contributed by atoms with Gasteiger partial charge in [0, 0.05) is 18.4 Å². The van der Waals surface area contributed by atoms with E-state index in [4.69, 9.17) is 9.47 Å². The van der Waals surface area contributed by atoms with Crippen molar-refractivity contribution < 1.29 is 24.3 Å². The maximum Gasteiger partial charge on any atom is 0.182 e. The van der Waals surface area contributed by atoms with Crippen LogP contribution in [-0.2, 0) is 12.8 Å². The molecule has 4 rings (SSSR count). The summed E-state index contributed by atoms with van der Waals surface area (Å²) in [5.74, 6) is 1.37. The van der Waals surface area contributed by atoms with Crippen molar-refractivity contribution in [2.24, 2.45) is 0 Å². The summed E-state index contributed by atoms with van der Waals surface area (Å²) in [6.07, 6.45) is 3.66. The molecular formula is C19H20NO4+. The van der Waals surface area contributed by atoms with Gasteiger partial charge in [-0.2, -0.15) is 0 Å². The number of phenolic OH excluding ortho intramolecular Hbond substituents is 2. The molecule has 2 aromatic carbocycles. The van der Waals surface area contributed by atoms with Gasteiger partial charge in [0.1, 0.15) is 6.54 Å². The number of rotatable bonds is 2. The molecule has 0 amide bonds. The molecule has 2 aliphatic rings. The van der Waals surface area contributed by atoms with Gasteiger partial charge in [0.25, 0.3) is 0 Å². The van der Waals surface area contributed by atoms with Crippen LogP contribution in [-0.4, -0.2) is 41.8 Å². The van der Waals surface area contributed by atoms with Crippen molar-refractivity contribution >= 4 is 6.21 Å². The van der Waals surface area contributed by atoms with Gasteiger partial charge in [-0.15, -0.1) is 0 Å². The summed E-state index contributed by atoms with van der Waals surface area (Å²) in [5.41, 5.74) is 4.24. The highest BCUT2D eigenvalue weighted by molar-refractivity contribution is 5.85. The second-order valence-corrected chi connectivity index (χ2v) is 6.25. The smallest absolute Gasteiger partial charge is 0.182 e. The fourth-order valence-electron chi connectivity index (χ4n) is 3.77. The molecule has 5 nitrogen and oxygen atoms in total. The first-order valence-corrected chi connectivity index (χ1v) is 8.01. The summed E-state index contributed by atoms with van der Waals surface area (Å²) in [7, 11) is 3.12. The van der Waals surface area contributed by atoms with Crippen molar-refractivity contribution in [3.05, 3.63) is 46.5 Å². The monoisotopic (exact) mass is 326 g/mol. The van der Waals surface area contributed by atoms with E-state index in [0.717, 1.165) is 36.1 Å². The zero-order chi connectivity index (χ0) is 16.8. The van der Waals surface area contributed by atoms with Gasteiger partial charge in [-0.25, -0.2) is 4.58 Å². The number of ether oxygens (including phenoxy) is 2. The van der Waals surface area contributed by atoms with Gasteiger partial charge >= 0.3 is 0 Å². The summed E-state index contributed by atoms with van der Waals surface area (Å²) < 4.78 is 12.7. The van der Waals surface area contributed by atoms with E-state index in [1.165, 1.54) is 5.56 Å². The molecule has 1 atom stereocenters. The van der Waals surface area contributed by atoms with Gasteiger partial charge in [0.15, 0.2) is 35.3 Å². The van der Waals surface area contributed by atoms with E-state index in [-0.39, 0.29) is 17.5 Å². The van der Waals surface area contributed by atoms with E-state index in [2.05, 4.69) is 4.58 Å². The highest BCUT2D eigenvalue weighted by Crippen LogP contribution is 2.41. The number of methoxy groups -OCH3 is 2. The maximum absolute atomic E-state index is 10.4. The molecule has 0 aromatic heterocycles. The second kappa shape index (κ2) is 5.44. The Labute approximate surface area is 140 Å². The van der Waals surface area contributed by atoms with E-state index < -0.39 is 0 Å². The Morgan fingerprint density at radius 2 is 1.83 bits per heavy atom. The minimum Gasteiger partial charge on any atom is -0.504 e. The van der Waals surface area contributed by atoms with E-state index in [1.807, 2.05) is 24.4 Å². The predicted molar refractivity (Wildman–Crippen MR) is 89.8 cm³/mol. The molecule has 2 aromatic rings. The molecule has 124 valence electrons. The minimum atomic E-state index is 0.158. The van der Waals surface area contributed by atoms with Gasteiger partial charge < -0.3 is 19.7 Å². The molecule has 2 N–H and O–H groups in total. The van der Waals surface area contributed by atoms with Crippen molar-refractivity contribution in [1.82, 2.24) is 0 Å². The summed E-state index contributed by atoms with van der Waals surface area (Å²) in [4.78, 5) is 0. The molecular weight excluding hydrogens is 306 g/mol. The second-order valence-electron chi connectivity index (χ2n) is 6.25. The van der Waals surface area contributed by atoms with Crippen LogP contribution in [0.1, 0.15) is 28.3 Å². The Balaban J connectivity index is 1.81. The average Bonchev–Trinajstić information content (AvgIpc) is 2.60. The fraction of sp³-hybridized carbons (Fsp3) is 0.316. The van der Waals surface area contributed by atoms with E-state index in [9.17, 15) is 10.2 Å². The lowest BCUT2D eigenvalue weighted by Crippen LogP contribution is -2.33. The molecule has 1 unspecified atom stereocenters. The zero-order valence-electron chi connectivity index (χ0n) is 13.7. The molecule has 2 aliphatic heterocycles. The first-order chi connectivity index (χ1) is 11.6. The number of phenols is 2. The van der Waals surface area contributed by atoms with E-state index >= 15 is 0 Å². The van der Waals surface area contributed by atoms with Crippen LogP contribution >= 0.6 is 0 Å². The van der Waals surface area contributed by atoms with Gasteiger partial charge in [-0.3, -0.25) is 0 Å². The normalized spacial score (nSPS) is 18.1. The van der Waals surface area contributed by atoms with Gasteiger partial charge in [-0.1, -0.05) is 6.07 Å². The predicted octanol–water partition coefficient (Wildman–Crippen LogP) is 2.40. The van der Waals surface area contributed by atoms with Gasteiger partial charge in [-0.05, 0) is 29.3 Å². The first kappa shape index (κ1) is 14.9. The highest BCUT2D eigenvalue weighted by atomic mass is 16.5. The lowest BCUT2D eigenvalue weighted by Gasteiger charge is -2.28. The van der Waals surface area contributed by atoms with Crippen LogP contribution in [0, 0.1) is 0 Å². The molecule has 0 fully saturated rings. The van der Waals surface area contributed by atoms with Crippen LogP contribution in [0.5, 0.6) is 23.0 Å². The Morgan fingerprint density at radius 3 is 2.58 bits per heavy atom. The van der Waals surface area contributed by atoms with Crippen molar-refractivity contribution in [3.8, 4) is 23.0 Å². The van der Waals surface area contributed by atoms with Crippen molar-refractivity contribution in [2.45, 2.75) is 18.9 Å². The Bertz CT molecular complexity index is 857. The van der Waals surface area contributed by atoms with E-state index in [1.54, 1.807) is 20.3 Å². The SMILES string of the molecule is COc1cc2c(cc1O)C1Cc3ccc(OC)c(O)c3C=[N+]1CC2. The average molecular weight is 326 g/mol. The van der Waals surface area contributed by atoms with Crippen LogP contribution in [0.3, 0.4) is 0 Å². The zero-order valence-corrected chi connectivity index (χ0v) is 13.7. The molecule has 0 aliphatic carbocycles. The van der Waals surface area contributed by atoms with Crippen molar-refractivity contribution in [2.75, 3.05) is 20.8 Å². The third-order valence-corrected chi connectivity index (χ3v) is 5.04. The van der Waals surface area contributed by atoms with Crippen LogP contribution in [0.2, 0.25) is 0 Å². The molecule has 24 heavy (non-hydrogen) atoms. The van der Waals surface area contributed by atoms with Gasteiger partial charge in [0.05, 0.1) is 19.8 Å². The van der Waals surface area contributed by atoms with Crippen LogP contribution < -0.4 is 9.47 Å². The largest absolute Gasteiger partial charge is 0.504 e. The lowest BCUT2D eigenvalue weighted by atomic mass is 9.85. The van der Waals surface area contributed by atoms with Crippen LogP contribution in [0.25, 0.3) is 0 Å². The molecule has 0 bridgehead atoms. The summed E-state index contributed by atoms with van der Waals surface area (Å²) in [5, 5.41) is 20.5. The summed E-state index contributed by atoms with van der Waals surface area (Å²) >= 11 is 0. The standard InChI is InChI=1S/C19H19NO4/c1-23-17-4-3-11-7-15-13-9-16(21)18(24-2)8-12(13)5-6-20(15)10-14(11)19(17)22/h3-4,8-10,15,21H,5-7H2,1-2H3/p+1. The quantitative estimate of drug-likeness (QED) is 0.832. The number of nitrogens with zero attached hydrogens (tertiary/aromatic N) is 1. The number of fused-ring (bicyclic) bond motifs is 4.